The average molecular weight is 329 g/mol. The Morgan fingerprint density at radius 1 is 1.53 bits per heavy atom. The highest BCUT2D eigenvalue weighted by Gasteiger charge is 2.02. The Hall–Kier alpha value is -1.09. The van der Waals surface area contributed by atoms with E-state index in [1.807, 2.05) is 12.1 Å². The summed E-state index contributed by atoms with van der Waals surface area (Å²) in [6.45, 7) is 0.650. The van der Waals surface area contributed by atoms with Crippen molar-refractivity contribution in [1.82, 2.24) is 4.98 Å². The zero-order valence-corrected chi connectivity index (χ0v) is 11.7. The number of nitriles is 1. The molecule has 2 rings (SSSR count). The zero-order valence-electron chi connectivity index (χ0n) is 8.58. The van der Waals surface area contributed by atoms with E-state index in [1.54, 1.807) is 12.3 Å². The monoisotopic (exact) mass is 327 g/mol. The number of thiazole rings is 1. The van der Waals surface area contributed by atoms with Crippen LogP contribution in [-0.2, 0) is 6.54 Å². The van der Waals surface area contributed by atoms with Gasteiger partial charge in [0.2, 0.25) is 0 Å². The Balaban J connectivity index is 2.07. The number of rotatable bonds is 3. The van der Waals surface area contributed by atoms with Gasteiger partial charge in [-0.1, -0.05) is 11.6 Å². The normalized spacial score (nSPS) is 9.94. The number of hydrogen-bond acceptors (Lipinski definition) is 4. The number of hydrogen-bond donors (Lipinski definition) is 1. The summed E-state index contributed by atoms with van der Waals surface area (Å²) in [6, 6.07) is 7.68. The number of aromatic nitrogens is 1. The third-order valence-corrected chi connectivity index (χ3v) is 3.89. The molecule has 1 heterocycles. The van der Waals surface area contributed by atoms with Gasteiger partial charge in [-0.05, 0) is 34.1 Å². The number of benzene rings is 1. The number of anilines is 1. The molecule has 0 aliphatic heterocycles. The highest BCUT2D eigenvalue weighted by atomic mass is 79.9. The highest BCUT2D eigenvalue weighted by Crippen LogP contribution is 2.22. The first-order chi connectivity index (χ1) is 8.19. The summed E-state index contributed by atoms with van der Waals surface area (Å²) in [5, 5.41) is 12.1. The largest absolute Gasteiger partial charge is 0.380 e. The molecule has 1 N–H and O–H groups in total. The molecule has 0 saturated heterocycles. The number of nitrogens with zero attached hydrogens (tertiary/aromatic N) is 2. The first-order valence-electron chi connectivity index (χ1n) is 4.73. The van der Waals surface area contributed by atoms with Crippen LogP contribution in [0.5, 0.6) is 0 Å². The van der Waals surface area contributed by atoms with Crippen molar-refractivity contribution in [1.29, 1.82) is 5.26 Å². The highest BCUT2D eigenvalue weighted by molar-refractivity contribution is 9.10. The molecular weight excluding hydrogens is 322 g/mol. The van der Waals surface area contributed by atoms with Crippen molar-refractivity contribution in [2.45, 2.75) is 6.54 Å². The summed E-state index contributed by atoms with van der Waals surface area (Å²) in [7, 11) is 0. The van der Waals surface area contributed by atoms with Gasteiger partial charge in [-0.3, -0.25) is 0 Å². The quantitative estimate of drug-likeness (QED) is 0.925. The van der Waals surface area contributed by atoms with Gasteiger partial charge in [-0.2, -0.15) is 5.26 Å². The Labute approximate surface area is 116 Å². The maximum Gasteiger partial charge on any atom is 0.183 e. The van der Waals surface area contributed by atoms with E-state index in [9.17, 15) is 0 Å². The van der Waals surface area contributed by atoms with Gasteiger partial charge in [0.15, 0.2) is 4.47 Å². The van der Waals surface area contributed by atoms with Gasteiger partial charge in [0.1, 0.15) is 6.07 Å². The van der Waals surface area contributed by atoms with Crippen LogP contribution in [0.15, 0.2) is 28.9 Å². The van der Waals surface area contributed by atoms with Crippen molar-refractivity contribution in [3.63, 3.8) is 0 Å². The molecule has 3 nitrogen and oxygen atoms in total. The predicted octanol–water partition coefficient (Wildman–Crippen LogP) is 4.04. The third kappa shape index (κ3) is 3.19. The van der Waals surface area contributed by atoms with Crippen LogP contribution in [0.25, 0.3) is 0 Å². The second-order valence-electron chi connectivity index (χ2n) is 3.24. The molecule has 1 aromatic heterocycles. The molecule has 0 fully saturated rings. The maximum atomic E-state index is 8.90. The van der Waals surface area contributed by atoms with Crippen molar-refractivity contribution in [2.75, 3.05) is 5.32 Å². The minimum atomic E-state index is 0.537. The molecule has 0 unspecified atom stereocenters. The molecule has 17 heavy (non-hydrogen) atoms. The summed E-state index contributed by atoms with van der Waals surface area (Å²) in [5.74, 6) is 0. The summed E-state index contributed by atoms with van der Waals surface area (Å²) < 4.78 is 1.33. The Morgan fingerprint density at radius 2 is 2.35 bits per heavy atom. The van der Waals surface area contributed by atoms with Gasteiger partial charge in [-0.25, -0.2) is 4.98 Å². The number of nitrogens with one attached hydrogen (secondary N) is 1. The molecule has 0 amide bonds. The average Bonchev–Trinajstić information content (AvgIpc) is 2.74. The Kier molecular flexibility index (Phi) is 4.00. The Morgan fingerprint density at radius 3 is 3.00 bits per heavy atom. The minimum absolute atomic E-state index is 0.537. The minimum Gasteiger partial charge on any atom is -0.380 e. The van der Waals surface area contributed by atoms with Crippen molar-refractivity contribution in [3.8, 4) is 6.07 Å². The molecule has 0 aliphatic carbocycles. The van der Waals surface area contributed by atoms with Crippen molar-refractivity contribution in [2.24, 2.45) is 0 Å². The van der Waals surface area contributed by atoms with Gasteiger partial charge in [0.25, 0.3) is 0 Å². The second-order valence-corrected chi connectivity index (χ2v) is 5.79. The van der Waals surface area contributed by atoms with Crippen molar-refractivity contribution in [3.05, 3.63) is 43.8 Å². The van der Waals surface area contributed by atoms with E-state index in [4.69, 9.17) is 16.9 Å². The van der Waals surface area contributed by atoms with Crippen LogP contribution < -0.4 is 5.32 Å². The molecule has 6 heteroatoms. The summed E-state index contributed by atoms with van der Waals surface area (Å²) in [4.78, 5) is 5.01. The molecular formula is C11H7BrClN3S. The molecule has 86 valence electrons. The van der Waals surface area contributed by atoms with E-state index in [1.165, 1.54) is 11.3 Å². The SMILES string of the molecule is N#Cc1cc(NCc2cnc(Cl)s2)ccc1Br. The zero-order chi connectivity index (χ0) is 12.3. The van der Waals surface area contributed by atoms with E-state index in [-0.39, 0.29) is 0 Å². The van der Waals surface area contributed by atoms with E-state index in [2.05, 4.69) is 32.3 Å². The van der Waals surface area contributed by atoms with E-state index in [0.717, 1.165) is 15.0 Å². The standard InChI is InChI=1S/C11H7BrClN3S/c12-10-2-1-8(3-7(10)4-14)15-5-9-6-16-11(13)17-9/h1-3,6,15H,5H2. The van der Waals surface area contributed by atoms with Crippen LogP contribution in [0.1, 0.15) is 10.4 Å². The first-order valence-corrected chi connectivity index (χ1v) is 6.71. The molecule has 0 atom stereocenters. The van der Waals surface area contributed by atoms with Crippen LogP contribution >= 0.6 is 38.9 Å². The van der Waals surface area contributed by atoms with Gasteiger partial charge in [0, 0.05) is 21.2 Å². The van der Waals surface area contributed by atoms with Crippen LogP contribution in [0.2, 0.25) is 4.47 Å². The van der Waals surface area contributed by atoms with Crippen LogP contribution in [0.4, 0.5) is 5.69 Å². The fourth-order valence-corrected chi connectivity index (χ4v) is 2.53. The third-order valence-electron chi connectivity index (χ3n) is 2.08. The maximum absolute atomic E-state index is 8.90. The first kappa shape index (κ1) is 12.4. The molecule has 0 saturated carbocycles. The predicted molar refractivity (Wildman–Crippen MR) is 73.3 cm³/mol. The Bertz CT molecular complexity index is 576. The van der Waals surface area contributed by atoms with Crippen molar-refractivity contribution >= 4 is 44.6 Å². The van der Waals surface area contributed by atoms with Gasteiger partial charge < -0.3 is 5.32 Å². The summed E-state index contributed by atoms with van der Waals surface area (Å²) in [5.41, 5.74) is 1.51. The van der Waals surface area contributed by atoms with Gasteiger partial charge in [0.05, 0.1) is 12.1 Å². The molecule has 0 spiro atoms. The molecule has 0 radical (unpaired) electrons. The van der Waals surface area contributed by atoms with Crippen LogP contribution in [0.3, 0.4) is 0 Å². The van der Waals surface area contributed by atoms with Crippen LogP contribution in [0, 0.1) is 11.3 Å². The molecule has 1 aromatic carbocycles. The van der Waals surface area contributed by atoms with Crippen molar-refractivity contribution < 1.29 is 0 Å². The van der Waals surface area contributed by atoms with Gasteiger partial charge in [-0.15, -0.1) is 11.3 Å². The number of halogens is 2. The molecule has 0 aliphatic rings. The van der Waals surface area contributed by atoms with Gasteiger partial charge >= 0.3 is 0 Å². The lowest BCUT2D eigenvalue weighted by molar-refractivity contribution is 1.17. The lowest BCUT2D eigenvalue weighted by atomic mass is 10.2. The van der Waals surface area contributed by atoms with E-state index in [0.29, 0.717) is 16.6 Å². The fourth-order valence-electron chi connectivity index (χ4n) is 1.28. The smallest absolute Gasteiger partial charge is 0.183 e. The lowest BCUT2D eigenvalue weighted by Crippen LogP contribution is -1.97. The fraction of sp³-hybridized carbons (Fsp3) is 0.0909. The van der Waals surface area contributed by atoms with E-state index < -0.39 is 0 Å². The summed E-state index contributed by atoms with van der Waals surface area (Å²) in [6.07, 6.45) is 1.74. The van der Waals surface area contributed by atoms with E-state index >= 15 is 0 Å². The molecule has 0 bridgehead atoms. The lowest BCUT2D eigenvalue weighted by Gasteiger charge is -2.05. The topological polar surface area (TPSA) is 48.7 Å². The van der Waals surface area contributed by atoms with Crippen LogP contribution in [-0.4, -0.2) is 4.98 Å². The second kappa shape index (κ2) is 5.50. The summed E-state index contributed by atoms with van der Waals surface area (Å²) >= 11 is 10.5. The molecule has 2 aromatic rings.